The van der Waals surface area contributed by atoms with E-state index in [0.29, 0.717) is 5.69 Å². The molecule has 0 aliphatic heterocycles. The van der Waals surface area contributed by atoms with Gasteiger partial charge in [0.2, 0.25) is 5.88 Å². The zero-order valence-electron chi connectivity index (χ0n) is 8.43. The molecule has 0 saturated carbocycles. The second kappa shape index (κ2) is 4.72. The molecule has 0 unspecified atom stereocenters. The number of para-hydroxylation sites is 1. The summed E-state index contributed by atoms with van der Waals surface area (Å²) in [6.07, 6.45) is 0. The number of aromatic nitrogens is 1. The number of aliphatic hydroxyl groups is 1. The Balaban J connectivity index is 2.24. The van der Waals surface area contributed by atoms with Gasteiger partial charge in [0.1, 0.15) is 0 Å². The number of aliphatic hydroxyl groups excluding tert-OH is 1. The molecular formula is C12H10FNO2. The summed E-state index contributed by atoms with van der Waals surface area (Å²) in [5.74, 6) is -0.0690. The first-order valence-electron chi connectivity index (χ1n) is 4.79. The minimum absolute atomic E-state index is 0.116. The van der Waals surface area contributed by atoms with E-state index in [4.69, 9.17) is 9.84 Å². The maximum atomic E-state index is 13.3. The summed E-state index contributed by atoms with van der Waals surface area (Å²) < 4.78 is 18.5. The lowest BCUT2D eigenvalue weighted by Crippen LogP contribution is -1.94. The van der Waals surface area contributed by atoms with E-state index in [9.17, 15) is 4.39 Å². The molecule has 0 atom stereocenters. The lowest BCUT2D eigenvalue weighted by atomic mass is 10.3. The van der Waals surface area contributed by atoms with Crippen LogP contribution in [0.15, 0.2) is 42.5 Å². The van der Waals surface area contributed by atoms with Crippen LogP contribution in [0.1, 0.15) is 5.69 Å². The van der Waals surface area contributed by atoms with Crippen LogP contribution in [0.3, 0.4) is 0 Å². The number of ether oxygens (including phenoxy) is 1. The maximum absolute atomic E-state index is 13.3. The van der Waals surface area contributed by atoms with Crippen LogP contribution in [0.25, 0.3) is 0 Å². The van der Waals surface area contributed by atoms with Crippen LogP contribution in [-0.4, -0.2) is 10.1 Å². The van der Waals surface area contributed by atoms with Crippen LogP contribution in [0.2, 0.25) is 0 Å². The fourth-order valence-electron chi connectivity index (χ4n) is 1.24. The van der Waals surface area contributed by atoms with E-state index in [1.807, 2.05) is 0 Å². The van der Waals surface area contributed by atoms with E-state index in [-0.39, 0.29) is 18.2 Å². The highest BCUT2D eigenvalue weighted by atomic mass is 19.1. The highest BCUT2D eigenvalue weighted by Crippen LogP contribution is 2.22. The van der Waals surface area contributed by atoms with Crippen LogP contribution in [0.4, 0.5) is 4.39 Å². The average molecular weight is 219 g/mol. The van der Waals surface area contributed by atoms with Crippen LogP contribution < -0.4 is 4.74 Å². The van der Waals surface area contributed by atoms with Crippen molar-refractivity contribution in [2.75, 3.05) is 0 Å². The van der Waals surface area contributed by atoms with E-state index in [1.165, 1.54) is 12.1 Å². The second-order valence-corrected chi connectivity index (χ2v) is 3.16. The van der Waals surface area contributed by atoms with E-state index in [2.05, 4.69) is 4.98 Å². The third kappa shape index (κ3) is 2.35. The predicted molar refractivity (Wildman–Crippen MR) is 56.6 cm³/mol. The predicted octanol–water partition coefficient (Wildman–Crippen LogP) is 2.51. The van der Waals surface area contributed by atoms with Crippen molar-refractivity contribution in [3.8, 4) is 11.6 Å². The van der Waals surface area contributed by atoms with Crippen molar-refractivity contribution in [3.05, 3.63) is 54.0 Å². The Morgan fingerprint density at radius 2 is 1.94 bits per heavy atom. The summed E-state index contributed by atoms with van der Waals surface area (Å²) in [7, 11) is 0. The number of hydrogen-bond acceptors (Lipinski definition) is 3. The standard InChI is InChI=1S/C12H10FNO2/c13-10-5-1-2-6-11(10)16-12-7-3-4-9(8-15)14-12/h1-7,15H,8H2. The first-order valence-corrected chi connectivity index (χ1v) is 4.79. The normalized spacial score (nSPS) is 10.1. The molecule has 0 aliphatic carbocycles. The van der Waals surface area contributed by atoms with Crippen molar-refractivity contribution in [1.82, 2.24) is 4.98 Å². The molecule has 1 N–H and O–H groups in total. The molecular weight excluding hydrogens is 209 g/mol. The molecule has 16 heavy (non-hydrogen) atoms. The quantitative estimate of drug-likeness (QED) is 0.862. The molecule has 2 rings (SSSR count). The minimum Gasteiger partial charge on any atom is -0.436 e. The number of benzene rings is 1. The van der Waals surface area contributed by atoms with Gasteiger partial charge in [0, 0.05) is 6.07 Å². The number of pyridine rings is 1. The molecule has 1 aromatic heterocycles. The number of hydrogen-bond donors (Lipinski definition) is 1. The second-order valence-electron chi connectivity index (χ2n) is 3.16. The van der Waals surface area contributed by atoms with Gasteiger partial charge < -0.3 is 9.84 Å². The molecule has 0 bridgehead atoms. The Labute approximate surface area is 92.1 Å². The lowest BCUT2D eigenvalue weighted by Gasteiger charge is -2.06. The minimum atomic E-state index is -0.446. The molecule has 0 spiro atoms. The van der Waals surface area contributed by atoms with Gasteiger partial charge in [0.25, 0.3) is 0 Å². The number of halogens is 1. The zero-order chi connectivity index (χ0) is 11.4. The molecule has 0 saturated heterocycles. The van der Waals surface area contributed by atoms with Gasteiger partial charge in [-0.2, -0.15) is 0 Å². The summed E-state index contributed by atoms with van der Waals surface area (Å²) in [5.41, 5.74) is 0.480. The molecule has 0 amide bonds. The topological polar surface area (TPSA) is 42.4 Å². The van der Waals surface area contributed by atoms with E-state index in [0.717, 1.165) is 0 Å². The highest BCUT2D eigenvalue weighted by Gasteiger charge is 2.04. The van der Waals surface area contributed by atoms with Crippen molar-refractivity contribution < 1.29 is 14.2 Å². The maximum Gasteiger partial charge on any atom is 0.219 e. The number of rotatable bonds is 3. The SMILES string of the molecule is OCc1cccc(Oc2ccccc2F)n1. The van der Waals surface area contributed by atoms with Crippen molar-refractivity contribution >= 4 is 0 Å². The molecule has 1 heterocycles. The smallest absolute Gasteiger partial charge is 0.219 e. The van der Waals surface area contributed by atoms with Crippen LogP contribution >= 0.6 is 0 Å². The summed E-state index contributed by atoms with van der Waals surface area (Å²) in [6.45, 7) is -0.172. The summed E-state index contributed by atoms with van der Waals surface area (Å²) in [4.78, 5) is 3.99. The molecule has 0 radical (unpaired) electrons. The molecule has 3 nitrogen and oxygen atoms in total. The van der Waals surface area contributed by atoms with Crippen LogP contribution in [0.5, 0.6) is 11.6 Å². The van der Waals surface area contributed by atoms with Crippen LogP contribution in [0, 0.1) is 5.82 Å². The van der Waals surface area contributed by atoms with Gasteiger partial charge in [-0.25, -0.2) is 9.37 Å². The van der Waals surface area contributed by atoms with Gasteiger partial charge in [-0.1, -0.05) is 18.2 Å². The Morgan fingerprint density at radius 1 is 1.12 bits per heavy atom. The monoisotopic (exact) mass is 219 g/mol. The Bertz CT molecular complexity index is 488. The van der Waals surface area contributed by atoms with Crippen molar-refractivity contribution in [2.45, 2.75) is 6.61 Å². The van der Waals surface area contributed by atoms with Crippen molar-refractivity contribution in [1.29, 1.82) is 0 Å². The van der Waals surface area contributed by atoms with Gasteiger partial charge in [-0.15, -0.1) is 0 Å². The zero-order valence-corrected chi connectivity index (χ0v) is 8.43. The van der Waals surface area contributed by atoms with E-state index in [1.54, 1.807) is 30.3 Å². The summed E-state index contributed by atoms with van der Waals surface area (Å²) >= 11 is 0. The first-order chi connectivity index (χ1) is 7.79. The average Bonchev–Trinajstić information content (AvgIpc) is 2.32. The fourth-order valence-corrected chi connectivity index (χ4v) is 1.24. The van der Waals surface area contributed by atoms with Crippen molar-refractivity contribution in [3.63, 3.8) is 0 Å². The summed E-state index contributed by atoms with van der Waals surface area (Å²) in [5, 5.41) is 8.89. The Hall–Kier alpha value is -1.94. The van der Waals surface area contributed by atoms with E-state index < -0.39 is 5.82 Å². The van der Waals surface area contributed by atoms with Gasteiger partial charge in [-0.3, -0.25) is 0 Å². The Kier molecular flexibility index (Phi) is 3.12. The third-order valence-corrected chi connectivity index (χ3v) is 1.99. The molecule has 0 aliphatic rings. The van der Waals surface area contributed by atoms with Crippen LogP contribution in [-0.2, 0) is 6.61 Å². The van der Waals surface area contributed by atoms with Gasteiger partial charge >= 0.3 is 0 Å². The van der Waals surface area contributed by atoms with Crippen molar-refractivity contribution in [2.24, 2.45) is 0 Å². The van der Waals surface area contributed by atoms with E-state index >= 15 is 0 Å². The fraction of sp³-hybridized carbons (Fsp3) is 0.0833. The highest BCUT2D eigenvalue weighted by molar-refractivity contribution is 5.28. The molecule has 2 aromatic rings. The van der Waals surface area contributed by atoms with Gasteiger partial charge in [0.05, 0.1) is 12.3 Å². The first kappa shape index (κ1) is 10.6. The molecule has 4 heteroatoms. The number of nitrogens with zero attached hydrogens (tertiary/aromatic N) is 1. The van der Waals surface area contributed by atoms with Gasteiger partial charge in [0.15, 0.2) is 11.6 Å². The molecule has 0 fully saturated rings. The summed E-state index contributed by atoms with van der Waals surface area (Å²) in [6, 6.07) is 11.0. The van der Waals surface area contributed by atoms with Gasteiger partial charge in [-0.05, 0) is 18.2 Å². The Morgan fingerprint density at radius 3 is 2.69 bits per heavy atom. The third-order valence-electron chi connectivity index (χ3n) is 1.99. The molecule has 1 aromatic carbocycles. The molecule has 82 valence electrons. The largest absolute Gasteiger partial charge is 0.436 e. The lowest BCUT2D eigenvalue weighted by molar-refractivity contribution is 0.275.